The smallest absolute Gasteiger partial charge is 0.167 e. The van der Waals surface area contributed by atoms with E-state index in [4.69, 9.17) is 4.52 Å². The maximum absolute atomic E-state index is 5.42. The molecule has 0 fully saturated rings. The zero-order valence-electron chi connectivity index (χ0n) is 9.82. The highest BCUT2D eigenvalue weighted by Crippen LogP contribution is 2.26. The lowest BCUT2D eigenvalue weighted by atomic mass is 10.1. The van der Waals surface area contributed by atoms with Gasteiger partial charge in [0, 0.05) is 22.6 Å². The number of hydrogen-bond acceptors (Lipinski definition) is 3. The SMILES string of the molecule is Brc1ccc(-c2cc(C3=CCNCC3)no2)cc1. The molecule has 0 aliphatic carbocycles. The van der Waals surface area contributed by atoms with Gasteiger partial charge in [-0.1, -0.05) is 39.3 Å². The van der Waals surface area contributed by atoms with E-state index in [-0.39, 0.29) is 0 Å². The van der Waals surface area contributed by atoms with Crippen molar-refractivity contribution in [3.05, 3.63) is 46.6 Å². The number of aromatic nitrogens is 1. The summed E-state index contributed by atoms with van der Waals surface area (Å²) in [7, 11) is 0. The van der Waals surface area contributed by atoms with Crippen molar-refractivity contribution in [3.63, 3.8) is 0 Å². The van der Waals surface area contributed by atoms with E-state index >= 15 is 0 Å². The fourth-order valence-electron chi connectivity index (χ4n) is 2.03. The van der Waals surface area contributed by atoms with Crippen LogP contribution >= 0.6 is 15.9 Å². The standard InChI is InChI=1S/C14H13BrN2O/c15-12-3-1-11(2-4-12)14-9-13(17-18-14)10-5-7-16-8-6-10/h1-5,9,16H,6-8H2. The molecule has 0 spiro atoms. The Morgan fingerprint density at radius 2 is 2.06 bits per heavy atom. The zero-order chi connectivity index (χ0) is 12.4. The number of benzene rings is 1. The lowest BCUT2D eigenvalue weighted by Gasteiger charge is -2.10. The van der Waals surface area contributed by atoms with Gasteiger partial charge < -0.3 is 9.84 Å². The van der Waals surface area contributed by atoms with E-state index in [0.29, 0.717) is 0 Å². The quantitative estimate of drug-likeness (QED) is 0.923. The van der Waals surface area contributed by atoms with E-state index in [0.717, 1.165) is 41.0 Å². The van der Waals surface area contributed by atoms with Crippen LogP contribution in [0.25, 0.3) is 16.9 Å². The Labute approximate surface area is 114 Å². The topological polar surface area (TPSA) is 38.1 Å². The molecule has 0 atom stereocenters. The van der Waals surface area contributed by atoms with Crippen LogP contribution in [0, 0.1) is 0 Å². The Kier molecular flexibility index (Phi) is 3.30. The molecule has 0 amide bonds. The van der Waals surface area contributed by atoms with Crippen molar-refractivity contribution in [1.82, 2.24) is 10.5 Å². The van der Waals surface area contributed by atoms with Crippen LogP contribution in [0.2, 0.25) is 0 Å². The minimum absolute atomic E-state index is 0.817. The van der Waals surface area contributed by atoms with E-state index < -0.39 is 0 Å². The van der Waals surface area contributed by atoms with Gasteiger partial charge in [0.2, 0.25) is 0 Å². The molecule has 1 aromatic carbocycles. The van der Waals surface area contributed by atoms with Crippen molar-refractivity contribution in [2.24, 2.45) is 0 Å². The molecule has 18 heavy (non-hydrogen) atoms. The van der Waals surface area contributed by atoms with Crippen LogP contribution < -0.4 is 5.32 Å². The third kappa shape index (κ3) is 2.40. The molecule has 0 bridgehead atoms. The fourth-order valence-corrected chi connectivity index (χ4v) is 2.30. The van der Waals surface area contributed by atoms with Crippen molar-refractivity contribution in [3.8, 4) is 11.3 Å². The van der Waals surface area contributed by atoms with E-state index in [1.165, 1.54) is 5.57 Å². The maximum atomic E-state index is 5.42. The van der Waals surface area contributed by atoms with Crippen LogP contribution in [0.4, 0.5) is 0 Å². The molecule has 0 radical (unpaired) electrons. The number of nitrogens with one attached hydrogen (secondary N) is 1. The molecule has 92 valence electrons. The summed E-state index contributed by atoms with van der Waals surface area (Å²) in [6.07, 6.45) is 3.18. The lowest BCUT2D eigenvalue weighted by Crippen LogP contribution is -2.20. The average molecular weight is 305 g/mol. The first kappa shape index (κ1) is 11.7. The minimum Gasteiger partial charge on any atom is -0.356 e. The summed E-state index contributed by atoms with van der Waals surface area (Å²) in [5.74, 6) is 0.817. The molecule has 1 aliphatic rings. The monoisotopic (exact) mass is 304 g/mol. The molecule has 0 saturated heterocycles. The van der Waals surface area contributed by atoms with Crippen molar-refractivity contribution in [1.29, 1.82) is 0 Å². The van der Waals surface area contributed by atoms with Gasteiger partial charge in [0.25, 0.3) is 0 Å². The number of halogens is 1. The molecule has 4 heteroatoms. The molecule has 3 rings (SSSR count). The molecule has 0 saturated carbocycles. The van der Waals surface area contributed by atoms with E-state index in [1.54, 1.807) is 0 Å². The van der Waals surface area contributed by atoms with Gasteiger partial charge in [-0.2, -0.15) is 0 Å². The second-order valence-corrected chi connectivity index (χ2v) is 5.18. The van der Waals surface area contributed by atoms with Crippen molar-refractivity contribution in [2.45, 2.75) is 6.42 Å². The Morgan fingerprint density at radius 3 is 2.78 bits per heavy atom. The van der Waals surface area contributed by atoms with E-state index in [9.17, 15) is 0 Å². The predicted molar refractivity (Wildman–Crippen MR) is 75.1 cm³/mol. The molecule has 0 unspecified atom stereocenters. The highest BCUT2D eigenvalue weighted by molar-refractivity contribution is 9.10. The van der Waals surface area contributed by atoms with Gasteiger partial charge in [-0.25, -0.2) is 0 Å². The second-order valence-electron chi connectivity index (χ2n) is 4.27. The lowest BCUT2D eigenvalue weighted by molar-refractivity contribution is 0.429. The van der Waals surface area contributed by atoms with Gasteiger partial charge in [-0.3, -0.25) is 0 Å². The highest BCUT2D eigenvalue weighted by atomic mass is 79.9. The maximum Gasteiger partial charge on any atom is 0.167 e. The predicted octanol–water partition coefficient (Wildman–Crippen LogP) is 3.48. The zero-order valence-corrected chi connectivity index (χ0v) is 11.4. The largest absolute Gasteiger partial charge is 0.356 e. The minimum atomic E-state index is 0.817. The van der Waals surface area contributed by atoms with Crippen LogP contribution in [0.15, 0.2) is 45.4 Å². The van der Waals surface area contributed by atoms with Crippen LogP contribution in [0.5, 0.6) is 0 Å². The number of hydrogen-bond donors (Lipinski definition) is 1. The molecule has 1 aromatic heterocycles. The van der Waals surface area contributed by atoms with Crippen molar-refractivity contribution >= 4 is 21.5 Å². The normalized spacial score (nSPS) is 15.5. The molecule has 2 heterocycles. The summed E-state index contributed by atoms with van der Waals surface area (Å²) < 4.78 is 6.48. The van der Waals surface area contributed by atoms with Gasteiger partial charge in [0.05, 0.1) is 0 Å². The summed E-state index contributed by atoms with van der Waals surface area (Å²) in [6, 6.07) is 10.1. The summed E-state index contributed by atoms with van der Waals surface area (Å²) >= 11 is 3.42. The second kappa shape index (κ2) is 5.08. The average Bonchev–Trinajstić information content (AvgIpc) is 2.90. The molecule has 2 aromatic rings. The van der Waals surface area contributed by atoms with Crippen LogP contribution in [-0.4, -0.2) is 18.2 Å². The van der Waals surface area contributed by atoms with E-state index in [2.05, 4.69) is 32.5 Å². The molecular weight excluding hydrogens is 292 g/mol. The first-order valence-electron chi connectivity index (χ1n) is 5.96. The fraction of sp³-hybridized carbons (Fsp3) is 0.214. The molecule has 3 nitrogen and oxygen atoms in total. The third-order valence-electron chi connectivity index (χ3n) is 3.03. The third-order valence-corrected chi connectivity index (χ3v) is 3.56. The van der Waals surface area contributed by atoms with Gasteiger partial charge in [-0.05, 0) is 30.7 Å². The summed E-state index contributed by atoms with van der Waals surface area (Å²) in [5.41, 5.74) is 3.27. The Morgan fingerprint density at radius 1 is 1.22 bits per heavy atom. The van der Waals surface area contributed by atoms with Gasteiger partial charge in [-0.15, -0.1) is 0 Å². The Bertz CT molecular complexity index is 572. The van der Waals surface area contributed by atoms with Crippen LogP contribution in [0.1, 0.15) is 12.1 Å². The van der Waals surface area contributed by atoms with Crippen molar-refractivity contribution in [2.75, 3.05) is 13.1 Å². The first-order chi connectivity index (χ1) is 8.83. The first-order valence-corrected chi connectivity index (χ1v) is 6.75. The summed E-state index contributed by atoms with van der Waals surface area (Å²) in [6.45, 7) is 1.92. The summed E-state index contributed by atoms with van der Waals surface area (Å²) in [4.78, 5) is 0. The van der Waals surface area contributed by atoms with Gasteiger partial charge in [0.1, 0.15) is 5.69 Å². The van der Waals surface area contributed by atoms with Crippen LogP contribution in [0.3, 0.4) is 0 Å². The van der Waals surface area contributed by atoms with E-state index in [1.807, 2.05) is 30.3 Å². The van der Waals surface area contributed by atoms with Crippen LogP contribution in [-0.2, 0) is 0 Å². The Hall–Kier alpha value is -1.39. The number of nitrogens with zero attached hydrogens (tertiary/aromatic N) is 1. The molecular formula is C14H13BrN2O. The number of rotatable bonds is 2. The highest BCUT2D eigenvalue weighted by Gasteiger charge is 2.12. The molecule has 1 N–H and O–H groups in total. The summed E-state index contributed by atoms with van der Waals surface area (Å²) in [5, 5.41) is 7.45. The van der Waals surface area contributed by atoms with Gasteiger partial charge in [0.15, 0.2) is 5.76 Å². The van der Waals surface area contributed by atoms with Gasteiger partial charge >= 0.3 is 0 Å². The Balaban J connectivity index is 1.89. The van der Waals surface area contributed by atoms with Crippen molar-refractivity contribution < 1.29 is 4.52 Å². The molecule has 1 aliphatic heterocycles.